The van der Waals surface area contributed by atoms with Crippen LogP contribution in [0.5, 0.6) is 0 Å². The van der Waals surface area contributed by atoms with Crippen LogP contribution in [0.3, 0.4) is 0 Å². The third kappa shape index (κ3) is 8.88. The Morgan fingerprint density at radius 3 is 1.40 bits per heavy atom. The molecular formula is C10H18Cl4O. The monoisotopic (exact) mass is 294 g/mol. The Balaban J connectivity index is 4.04. The molecule has 0 saturated carbocycles. The molecular weight excluding hydrogens is 278 g/mol. The van der Waals surface area contributed by atoms with Crippen LogP contribution < -0.4 is 0 Å². The molecule has 0 saturated heterocycles. The third-order valence-electron chi connectivity index (χ3n) is 1.94. The van der Waals surface area contributed by atoms with Gasteiger partial charge in [-0.3, -0.25) is 0 Å². The van der Waals surface area contributed by atoms with Gasteiger partial charge in [0.2, 0.25) is 9.04 Å². The number of rotatable bonds is 8. The molecule has 0 aliphatic heterocycles. The minimum absolute atomic E-state index is 0.528. The van der Waals surface area contributed by atoms with Crippen LogP contribution in [0.2, 0.25) is 0 Å². The van der Waals surface area contributed by atoms with Gasteiger partial charge in [-0.2, -0.15) is 0 Å². The number of alkyl halides is 4. The van der Waals surface area contributed by atoms with Gasteiger partial charge in [-0.1, -0.05) is 73.1 Å². The SMILES string of the molecule is CCCCC(Cl)(Cl)OC(Cl)(Cl)CCCC. The van der Waals surface area contributed by atoms with Crippen LogP contribution in [-0.2, 0) is 4.74 Å². The predicted molar refractivity (Wildman–Crippen MR) is 69.0 cm³/mol. The van der Waals surface area contributed by atoms with Crippen LogP contribution >= 0.6 is 46.4 Å². The van der Waals surface area contributed by atoms with Gasteiger partial charge in [0.25, 0.3) is 0 Å². The lowest BCUT2D eigenvalue weighted by molar-refractivity contribution is 0.0166. The molecule has 0 amide bonds. The van der Waals surface area contributed by atoms with Gasteiger partial charge in [-0.05, 0) is 12.8 Å². The van der Waals surface area contributed by atoms with Crippen molar-refractivity contribution in [1.82, 2.24) is 0 Å². The third-order valence-corrected chi connectivity index (χ3v) is 3.01. The van der Waals surface area contributed by atoms with Crippen molar-refractivity contribution >= 4 is 46.4 Å². The number of hydrogen-bond acceptors (Lipinski definition) is 1. The van der Waals surface area contributed by atoms with E-state index in [1.807, 2.05) is 0 Å². The van der Waals surface area contributed by atoms with E-state index in [1.165, 1.54) is 0 Å². The molecule has 0 aliphatic carbocycles. The van der Waals surface area contributed by atoms with Crippen LogP contribution in [-0.4, -0.2) is 9.04 Å². The molecule has 0 spiro atoms. The Morgan fingerprint density at radius 2 is 1.13 bits per heavy atom. The Morgan fingerprint density at radius 1 is 0.800 bits per heavy atom. The van der Waals surface area contributed by atoms with E-state index in [1.54, 1.807) is 0 Å². The first-order valence-corrected chi connectivity index (χ1v) is 6.80. The summed E-state index contributed by atoms with van der Waals surface area (Å²) in [4.78, 5) is 0. The van der Waals surface area contributed by atoms with Crippen molar-refractivity contribution in [2.75, 3.05) is 0 Å². The second kappa shape index (κ2) is 7.45. The van der Waals surface area contributed by atoms with E-state index >= 15 is 0 Å². The average Bonchev–Trinajstić information content (AvgIpc) is 2.10. The van der Waals surface area contributed by atoms with Crippen molar-refractivity contribution in [3.63, 3.8) is 0 Å². The van der Waals surface area contributed by atoms with E-state index in [-0.39, 0.29) is 0 Å². The largest absolute Gasteiger partial charge is 0.310 e. The molecule has 92 valence electrons. The van der Waals surface area contributed by atoms with E-state index in [0.29, 0.717) is 12.8 Å². The van der Waals surface area contributed by atoms with E-state index in [2.05, 4.69) is 13.8 Å². The van der Waals surface area contributed by atoms with E-state index in [4.69, 9.17) is 51.1 Å². The fourth-order valence-corrected chi connectivity index (χ4v) is 2.30. The molecule has 5 heteroatoms. The van der Waals surface area contributed by atoms with Crippen molar-refractivity contribution < 1.29 is 4.74 Å². The van der Waals surface area contributed by atoms with Gasteiger partial charge >= 0.3 is 0 Å². The molecule has 15 heavy (non-hydrogen) atoms. The van der Waals surface area contributed by atoms with Crippen molar-refractivity contribution in [2.45, 2.75) is 61.4 Å². The molecule has 0 aromatic rings. The summed E-state index contributed by atoms with van der Waals surface area (Å²) in [7, 11) is 0. The summed E-state index contributed by atoms with van der Waals surface area (Å²) >= 11 is 23.8. The van der Waals surface area contributed by atoms with Crippen LogP contribution in [0.1, 0.15) is 52.4 Å². The summed E-state index contributed by atoms with van der Waals surface area (Å²) in [6.07, 6.45) is 4.81. The average molecular weight is 296 g/mol. The zero-order valence-electron chi connectivity index (χ0n) is 9.16. The van der Waals surface area contributed by atoms with Crippen LogP contribution in [0, 0.1) is 0 Å². The van der Waals surface area contributed by atoms with E-state index in [9.17, 15) is 0 Å². The Hall–Kier alpha value is 1.12. The summed E-state index contributed by atoms with van der Waals surface area (Å²) in [5.74, 6) is 0. The molecule has 0 bridgehead atoms. The van der Waals surface area contributed by atoms with Gasteiger partial charge in [0.1, 0.15) is 0 Å². The maximum absolute atomic E-state index is 5.95. The lowest BCUT2D eigenvalue weighted by Crippen LogP contribution is -2.29. The molecule has 0 rings (SSSR count). The lowest BCUT2D eigenvalue weighted by Gasteiger charge is -2.28. The fourth-order valence-electron chi connectivity index (χ4n) is 1.09. The molecule has 0 heterocycles. The first-order chi connectivity index (χ1) is 6.83. The first kappa shape index (κ1) is 16.1. The van der Waals surface area contributed by atoms with Gasteiger partial charge in [-0.25, -0.2) is 0 Å². The minimum atomic E-state index is -1.28. The standard InChI is InChI=1S/C10H18Cl4O/c1-3-5-7-9(11,12)15-10(13,14)8-6-4-2/h3-8H2,1-2H3. The second-order valence-electron chi connectivity index (χ2n) is 3.58. The highest BCUT2D eigenvalue weighted by Crippen LogP contribution is 2.40. The molecule has 0 aromatic carbocycles. The Labute approximate surface area is 112 Å². The Kier molecular flexibility index (Phi) is 8.00. The van der Waals surface area contributed by atoms with Crippen molar-refractivity contribution in [3.05, 3.63) is 0 Å². The number of halogens is 4. The lowest BCUT2D eigenvalue weighted by atomic mass is 10.2. The van der Waals surface area contributed by atoms with Crippen molar-refractivity contribution in [1.29, 1.82) is 0 Å². The normalized spacial score (nSPS) is 13.2. The van der Waals surface area contributed by atoms with Gasteiger partial charge in [0, 0.05) is 12.8 Å². The highest BCUT2D eigenvalue weighted by atomic mass is 35.5. The second-order valence-corrected chi connectivity index (χ2v) is 6.41. The number of ether oxygens (including phenoxy) is 1. The number of unbranched alkanes of at least 4 members (excludes halogenated alkanes) is 2. The predicted octanol–water partition coefficient (Wildman–Crippen LogP) is 5.65. The van der Waals surface area contributed by atoms with Crippen LogP contribution in [0.25, 0.3) is 0 Å². The van der Waals surface area contributed by atoms with Crippen LogP contribution in [0.15, 0.2) is 0 Å². The van der Waals surface area contributed by atoms with Crippen molar-refractivity contribution in [2.24, 2.45) is 0 Å². The fraction of sp³-hybridized carbons (Fsp3) is 1.00. The summed E-state index contributed by atoms with van der Waals surface area (Å²) in [5.41, 5.74) is 0. The quantitative estimate of drug-likeness (QED) is 0.526. The maximum Gasteiger partial charge on any atom is 0.220 e. The summed E-state index contributed by atoms with van der Waals surface area (Å²) in [6.45, 7) is 4.10. The van der Waals surface area contributed by atoms with E-state index in [0.717, 1.165) is 25.7 Å². The molecule has 0 fully saturated rings. The molecule has 0 unspecified atom stereocenters. The molecule has 0 radical (unpaired) electrons. The molecule has 1 nitrogen and oxygen atoms in total. The highest BCUT2D eigenvalue weighted by molar-refractivity contribution is 6.50. The summed E-state index contributed by atoms with van der Waals surface area (Å²) < 4.78 is 2.72. The number of hydrogen-bond donors (Lipinski definition) is 0. The molecule has 0 atom stereocenters. The maximum atomic E-state index is 5.95. The first-order valence-electron chi connectivity index (χ1n) is 5.29. The smallest absolute Gasteiger partial charge is 0.220 e. The zero-order chi connectivity index (χ0) is 11.9. The Bertz CT molecular complexity index is 153. The highest BCUT2D eigenvalue weighted by Gasteiger charge is 2.36. The van der Waals surface area contributed by atoms with Crippen LogP contribution in [0.4, 0.5) is 0 Å². The zero-order valence-corrected chi connectivity index (χ0v) is 12.2. The molecule has 0 aliphatic rings. The molecule has 0 aromatic heterocycles. The summed E-state index contributed by atoms with van der Waals surface area (Å²) in [5, 5.41) is 0. The van der Waals surface area contributed by atoms with Gasteiger partial charge in [-0.15, -0.1) is 0 Å². The minimum Gasteiger partial charge on any atom is -0.310 e. The van der Waals surface area contributed by atoms with E-state index < -0.39 is 9.04 Å². The summed E-state index contributed by atoms with van der Waals surface area (Å²) in [6, 6.07) is 0. The van der Waals surface area contributed by atoms with Gasteiger partial charge < -0.3 is 4.74 Å². The van der Waals surface area contributed by atoms with Gasteiger partial charge in [0.15, 0.2) is 0 Å². The topological polar surface area (TPSA) is 9.23 Å². The molecule has 0 N–H and O–H groups in total. The van der Waals surface area contributed by atoms with Gasteiger partial charge in [0.05, 0.1) is 0 Å². The van der Waals surface area contributed by atoms with Crippen molar-refractivity contribution in [3.8, 4) is 0 Å².